The Balaban J connectivity index is 3.64. The lowest BCUT2D eigenvalue weighted by atomic mass is 9.82. The van der Waals surface area contributed by atoms with Gasteiger partial charge in [-0.3, -0.25) is 0 Å². The monoisotopic (exact) mass is 231 g/mol. The second-order valence-electron chi connectivity index (χ2n) is 4.78. The Labute approximate surface area is 101 Å². The molecule has 16 heavy (non-hydrogen) atoms. The molecule has 0 aromatic carbocycles. The second-order valence-corrected chi connectivity index (χ2v) is 4.78. The van der Waals surface area contributed by atoms with Gasteiger partial charge in [-0.2, -0.15) is 0 Å². The SMILES string of the molecule is CCC(C)(CCCCOC)CNCCOC. The van der Waals surface area contributed by atoms with Crippen LogP contribution in [0.5, 0.6) is 0 Å². The van der Waals surface area contributed by atoms with Gasteiger partial charge in [-0.1, -0.05) is 20.3 Å². The molecule has 3 heteroatoms. The maximum Gasteiger partial charge on any atom is 0.0587 e. The molecule has 0 aromatic heterocycles. The van der Waals surface area contributed by atoms with Crippen molar-refractivity contribution in [3.8, 4) is 0 Å². The Bertz CT molecular complexity index is 139. The Hall–Kier alpha value is -0.120. The maximum atomic E-state index is 5.07. The fourth-order valence-electron chi connectivity index (χ4n) is 1.75. The molecule has 1 unspecified atom stereocenters. The van der Waals surface area contributed by atoms with E-state index in [1.807, 2.05) is 0 Å². The van der Waals surface area contributed by atoms with Crippen LogP contribution in [-0.4, -0.2) is 40.5 Å². The van der Waals surface area contributed by atoms with Gasteiger partial charge in [0.1, 0.15) is 0 Å². The van der Waals surface area contributed by atoms with E-state index in [2.05, 4.69) is 19.2 Å². The van der Waals surface area contributed by atoms with Gasteiger partial charge in [-0.15, -0.1) is 0 Å². The third-order valence-electron chi connectivity index (χ3n) is 3.27. The summed E-state index contributed by atoms with van der Waals surface area (Å²) in [6.45, 7) is 8.35. The third-order valence-corrected chi connectivity index (χ3v) is 3.27. The van der Waals surface area contributed by atoms with E-state index in [0.717, 1.165) is 26.3 Å². The Morgan fingerprint density at radius 3 is 2.31 bits per heavy atom. The highest BCUT2D eigenvalue weighted by atomic mass is 16.5. The summed E-state index contributed by atoms with van der Waals surface area (Å²) in [5.74, 6) is 0. The quantitative estimate of drug-likeness (QED) is 0.554. The van der Waals surface area contributed by atoms with Crippen molar-refractivity contribution in [2.75, 3.05) is 40.5 Å². The van der Waals surface area contributed by atoms with E-state index < -0.39 is 0 Å². The summed E-state index contributed by atoms with van der Waals surface area (Å²) in [5.41, 5.74) is 0.418. The molecule has 98 valence electrons. The zero-order chi connectivity index (χ0) is 12.3. The molecular formula is C13H29NO2. The van der Waals surface area contributed by atoms with Crippen LogP contribution in [0, 0.1) is 5.41 Å². The summed E-state index contributed by atoms with van der Waals surface area (Å²) < 4.78 is 10.1. The first-order chi connectivity index (χ1) is 7.68. The van der Waals surface area contributed by atoms with Gasteiger partial charge in [-0.25, -0.2) is 0 Å². The smallest absolute Gasteiger partial charge is 0.0587 e. The first-order valence-corrected chi connectivity index (χ1v) is 6.37. The molecule has 0 heterocycles. The van der Waals surface area contributed by atoms with E-state index in [1.54, 1.807) is 14.2 Å². The van der Waals surface area contributed by atoms with Crippen LogP contribution in [-0.2, 0) is 9.47 Å². The molecular weight excluding hydrogens is 202 g/mol. The molecule has 0 amide bonds. The standard InChI is InChI=1S/C13H29NO2/c1-5-13(2,8-6-7-10-15-3)12-14-9-11-16-4/h14H,5-12H2,1-4H3. The predicted octanol–water partition coefficient (Wildman–Crippen LogP) is 2.46. The van der Waals surface area contributed by atoms with Crippen molar-refractivity contribution < 1.29 is 9.47 Å². The van der Waals surface area contributed by atoms with Gasteiger partial charge >= 0.3 is 0 Å². The number of rotatable bonds is 11. The highest BCUT2D eigenvalue weighted by Crippen LogP contribution is 2.27. The molecule has 3 nitrogen and oxygen atoms in total. The van der Waals surface area contributed by atoms with Crippen molar-refractivity contribution in [2.24, 2.45) is 5.41 Å². The van der Waals surface area contributed by atoms with E-state index in [-0.39, 0.29) is 0 Å². The van der Waals surface area contributed by atoms with E-state index in [4.69, 9.17) is 9.47 Å². The van der Waals surface area contributed by atoms with Crippen molar-refractivity contribution in [3.05, 3.63) is 0 Å². The molecule has 0 bridgehead atoms. The number of nitrogens with one attached hydrogen (secondary N) is 1. The third kappa shape index (κ3) is 8.08. The molecule has 0 rings (SSSR count). The molecule has 0 spiro atoms. The van der Waals surface area contributed by atoms with Crippen LogP contribution >= 0.6 is 0 Å². The zero-order valence-electron chi connectivity index (χ0n) is 11.5. The number of methoxy groups -OCH3 is 2. The van der Waals surface area contributed by atoms with Crippen LogP contribution in [0.1, 0.15) is 39.5 Å². The average molecular weight is 231 g/mol. The first kappa shape index (κ1) is 15.9. The average Bonchev–Trinajstić information content (AvgIpc) is 2.31. The molecule has 0 aliphatic heterocycles. The van der Waals surface area contributed by atoms with Gasteiger partial charge in [0, 0.05) is 33.9 Å². The van der Waals surface area contributed by atoms with Crippen molar-refractivity contribution >= 4 is 0 Å². The fraction of sp³-hybridized carbons (Fsp3) is 1.00. The van der Waals surface area contributed by atoms with E-state index >= 15 is 0 Å². The Morgan fingerprint density at radius 2 is 1.75 bits per heavy atom. The summed E-state index contributed by atoms with van der Waals surface area (Å²) in [5, 5.41) is 3.46. The van der Waals surface area contributed by atoms with Crippen LogP contribution in [0.4, 0.5) is 0 Å². The molecule has 0 saturated carbocycles. The van der Waals surface area contributed by atoms with Gasteiger partial charge < -0.3 is 14.8 Å². The largest absolute Gasteiger partial charge is 0.385 e. The fourth-order valence-corrected chi connectivity index (χ4v) is 1.75. The van der Waals surface area contributed by atoms with Crippen LogP contribution in [0.2, 0.25) is 0 Å². The normalized spacial score (nSPS) is 15.0. The lowest BCUT2D eigenvalue weighted by Crippen LogP contribution is -2.33. The predicted molar refractivity (Wildman–Crippen MR) is 68.9 cm³/mol. The summed E-state index contributed by atoms with van der Waals surface area (Å²) in [6, 6.07) is 0. The summed E-state index contributed by atoms with van der Waals surface area (Å²) in [7, 11) is 3.51. The summed E-state index contributed by atoms with van der Waals surface area (Å²) in [6.07, 6.45) is 4.92. The van der Waals surface area contributed by atoms with Crippen LogP contribution in [0.3, 0.4) is 0 Å². The van der Waals surface area contributed by atoms with Gasteiger partial charge in [0.25, 0.3) is 0 Å². The number of hydrogen-bond acceptors (Lipinski definition) is 3. The van der Waals surface area contributed by atoms with E-state index in [0.29, 0.717) is 5.41 Å². The summed E-state index contributed by atoms with van der Waals surface area (Å²) >= 11 is 0. The number of ether oxygens (including phenoxy) is 2. The zero-order valence-corrected chi connectivity index (χ0v) is 11.5. The van der Waals surface area contributed by atoms with Gasteiger partial charge in [0.05, 0.1) is 6.61 Å². The first-order valence-electron chi connectivity index (χ1n) is 6.37. The Morgan fingerprint density at radius 1 is 1.06 bits per heavy atom. The van der Waals surface area contributed by atoms with Gasteiger partial charge in [0.15, 0.2) is 0 Å². The summed E-state index contributed by atoms with van der Waals surface area (Å²) in [4.78, 5) is 0. The molecule has 1 N–H and O–H groups in total. The lowest BCUT2D eigenvalue weighted by molar-refractivity contribution is 0.175. The highest BCUT2D eigenvalue weighted by Gasteiger charge is 2.20. The number of hydrogen-bond donors (Lipinski definition) is 1. The topological polar surface area (TPSA) is 30.5 Å². The molecule has 0 aliphatic carbocycles. The highest BCUT2D eigenvalue weighted by molar-refractivity contribution is 4.75. The molecule has 0 radical (unpaired) electrons. The van der Waals surface area contributed by atoms with E-state index in [9.17, 15) is 0 Å². The molecule has 0 saturated heterocycles. The maximum absolute atomic E-state index is 5.07. The number of unbranched alkanes of at least 4 members (excludes halogenated alkanes) is 1. The van der Waals surface area contributed by atoms with Crippen LogP contribution in [0.15, 0.2) is 0 Å². The minimum Gasteiger partial charge on any atom is -0.385 e. The van der Waals surface area contributed by atoms with Crippen molar-refractivity contribution in [1.29, 1.82) is 0 Å². The molecule has 0 fully saturated rings. The van der Waals surface area contributed by atoms with Gasteiger partial charge in [0.2, 0.25) is 0 Å². The molecule has 0 aliphatic rings. The molecule has 1 atom stereocenters. The molecule has 0 aromatic rings. The minimum absolute atomic E-state index is 0.418. The minimum atomic E-state index is 0.418. The van der Waals surface area contributed by atoms with Crippen LogP contribution < -0.4 is 5.32 Å². The van der Waals surface area contributed by atoms with Crippen molar-refractivity contribution in [3.63, 3.8) is 0 Å². The van der Waals surface area contributed by atoms with Crippen molar-refractivity contribution in [2.45, 2.75) is 39.5 Å². The van der Waals surface area contributed by atoms with Crippen LogP contribution in [0.25, 0.3) is 0 Å². The Kier molecular flexibility index (Phi) is 9.99. The van der Waals surface area contributed by atoms with Crippen molar-refractivity contribution in [1.82, 2.24) is 5.32 Å². The van der Waals surface area contributed by atoms with E-state index in [1.165, 1.54) is 25.7 Å². The second kappa shape index (κ2) is 10.1. The lowest BCUT2D eigenvalue weighted by Gasteiger charge is -2.28. The van der Waals surface area contributed by atoms with Gasteiger partial charge in [-0.05, 0) is 24.7 Å².